The molecular formula is C17H21NO. The van der Waals surface area contributed by atoms with Crippen LogP contribution in [0.25, 0.3) is 0 Å². The van der Waals surface area contributed by atoms with Crippen molar-refractivity contribution in [1.29, 1.82) is 0 Å². The first-order valence-electron chi connectivity index (χ1n) is 6.78. The molecule has 0 heterocycles. The number of hydrogen-bond donors (Lipinski definition) is 1. The Morgan fingerprint density at radius 3 is 2.53 bits per heavy atom. The Kier molecular flexibility index (Phi) is 4.99. The summed E-state index contributed by atoms with van der Waals surface area (Å²) in [5, 5.41) is 3.36. The van der Waals surface area contributed by atoms with E-state index in [0.717, 1.165) is 18.8 Å². The summed E-state index contributed by atoms with van der Waals surface area (Å²) in [4.78, 5) is 0. The number of likely N-dealkylation sites (N-methyl/N-ethyl adjacent to an activating group) is 1. The van der Waals surface area contributed by atoms with Gasteiger partial charge in [0.25, 0.3) is 0 Å². The molecule has 2 aromatic carbocycles. The van der Waals surface area contributed by atoms with Crippen LogP contribution in [0.2, 0.25) is 0 Å². The van der Waals surface area contributed by atoms with E-state index in [0.29, 0.717) is 0 Å². The van der Waals surface area contributed by atoms with Crippen LogP contribution in [0.5, 0.6) is 5.75 Å². The smallest absolute Gasteiger partial charge is 0.136 e. The van der Waals surface area contributed by atoms with Gasteiger partial charge in [-0.2, -0.15) is 0 Å². The number of nitrogens with one attached hydrogen (secondary N) is 1. The third kappa shape index (κ3) is 4.11. The van der Waals surface area contributed by atoms with Gasteiger partial charge < -0.3 is 10.1 Å². The van der Waals surface area contributed by atoms with Crippen molar-refractivity contribution < 1.29 is 4.74 Å². The molecule has 2 nitrogen and oxygen atoms in total. The molecular weight excluding hydrogens is 234 g/mol. The van der Waals surface area contributed by atoms with Crippen LogP contribution >= 0.6 is 0 Å². The topological polar surface area (TPSA) is 21.3 Å². The lowest BCUT2D eigenvalue weighted by Crippen LogP contribution is -2.24. The standard InChI is InChI=1S/C17H21NO/c1-3-18-13-17(15-9-5-4-6-10-15)19-16-11-7-8-14(2)12-16/h4-12,17-18H,3,13H2,1-2H3. The summed E-state index contributed by atoms with van der Waals surface area (Å²) in [7, 11) is 0. The predicted octanol–water partition coefficient (Wildman–Crippen LogP) is 3.72. The van der Waals surface area contributed by atoms with Crippen molar-refractivity contribution in [3.63, 3.8) is 0 Å². The van der Waals surface area contributed by atoms with Gasteiger partial charge in [-0.05, 0) is 36.7 Å². The second-order valence-corrected chi connectivity index (χ2v) is 4.64. The fourth-order valence-corrected chi connectivity index (χ4v) is 2.02. The van der Waals surface area contributed by atoms with Crippen LogP contribution in [0.15, 0.2) is 54.6 Å². The molecule has 0 amide bonds. The Morgan fingerprint density at radius 1 is 1.05 bits per heavy atom. The van der Waals surface area contributed by atoms with Gasteiger partial charge in [-0.3, -0.25) is 0 Å². The normalized spacial score (nSPS) is 12.1. The molecule has 2 rings (SSSR count). The highest BCUT2D eigenvalue weighted by atomic mass is 16.5. The van der Waals surface area contributed by atoms with Crippen molar-refractivity contribution in [3.8, 4) is 5.75 Å². The van der Waals surface area contributed by atoms with E-state index < -0.39 is 0 Å². The van der Waals surface area contributed by atoms with Crippen LogP contribution in [0.3, 0.4) is 0 Å². The summed E-state index contributed by atoms with van der Waals surface area (Å²) in [6, 6.07) is 18.5. The molecule has 1 unspecified atom stereocenters. The fourth-order valence-electron chi connectivity index (χ4n) is 2.02. The van der Waals surface area contributed by atoms with Crippen LogP contribution in [-0.2, 0) is 0 Å². The van der Waals surface area contributed by atoms with E-state index in [1.54, 1.807) is 0 Å². The molecule has 0 aliphatic carbocycles. The maximum atomic E-state index is 6.12. The average molecular weight is 255 g/mol. The minimum absolute atomic E-state index is 0.0444. The maximum Gasteiger partial charge on any atom is 0.136 e. The van der Waals surface area contributed by atoms with E-state index in [4.69, 9.17) is 4.74 Å². The van der Waals surface area contributed by atoms with Crippen molar-refractivity contribution in [1.82, 2.24) is 5.32 Å². The Morgan fingerprint density at radius 2 is 1.84 bits per heavy atom. The molecule has 0 aliphatic rings. The number of benzene rings is 2. The summed E-state index contributed by atoms with van der Waals surface area (Å²) in [6.45, 7) is 5.94. The summed E-state index contributed by atoms with van der Waals surface area (Å²) >= 11 is 0. The highest BCUT2D eigenvalue weighted by Crippen LogP contribution is 2.22. The highest BCUT2D eigenvalue weighted by Gasteiger charge is 2.12. The van der Waals surface area contributed by atoms with E-state index in [1.165, 1.54) is 11.1 Å². The SMILES string of the molecule is CCNCC(Oc1cccc(C)c1)c1ccccc1. The van der Waals surface area contributed by atoms with Crippen LogP contribution < -0.4 is 10.1 Å². The monoisotopic (exact) mass is 255 g/mol. The number of ether oxygens (including phenoxy) is 1. The molecule has 2 aromatic rings. The van der Waals surface area contributed by atoms with Gasteiger partial charge in [0.2, 0.25) is 0 Å². The Balaban J connectivity index is 2.14. The van der Waals surface area contributed by atoms with Gasteiger partial charge in [0.15, 0.2) is 0 Å². The van der Waals surface area contributed by atoms with Crippen molar-refractivity contribution >= 4 is 0 Å². The lowest BCUT2D eigenvalue weighted by molar-refractivity contribution is 0.202. The van der Waals surface area contributed by atoms with Gasteiger partial charge in [-0.1, -0.05) is 49.4 Å². The van der Waals surface area contributed by atoms with Crippen molar-refractivity contribution in [2.75, 3.05) is 13.1 Å². The van der Waals surface area contributed by atoms with Crippen molar-refractivity contribution in [2.45, 2.75) is 20.0 Å². The fraction of sp³-hybridized carbons (Fsp3) is 0.294. The molecule has 1 N–H and O–H groups in total. The molecule has 0 saturated heterocycles. The van der Waals surface area contributed by atoms with E-state index in [1.807, 2.05) is 30.3 Å². The molecule has 0 radical (unpaired) electrons. The molecule has 1 atom stereocenters. The van der Waals surface area contributed by atoms with Gasteiger partial charge in [0, 0.05) is 6.54 Å². The predicted molar refractivity (Wildman–Crippen MR) is 79.5 cm³/mol. The van der Waals surface area contributed by atoms with Gasteiger partial charge in [0.05, 0.1) is 0 Å². The third-order valence-corrected chi connectivity index (χ3v) is 3.02. The molecule has 0 bridgehead atoms. The van der Waals surface area contributed by atoms with Crippen LogP contribution in [-0.4, -0.2) is 13.1 Å². The first-order chi connectivity index (χ1) is 9.29. The zero-order chi connectivity index (χ0) is 13.5. The molecule has 19 heavy (non-hydrogen) atoms. The van der Waals surface area contributed by atoms with Gasteiger partial charge in [-0.15, -0.1) is 0 Å². The quantitative estimate of drug-likeness (QED) is 0.849. The second-order valence-electron chi connectivity index (χ2n) is 4.64. The lowest BCUT2D eigenvalue weighted by atomic mass is 10.1. The summed E-state index contributed by atoms with van der Waals surface area (Å²) in [5.74, 6) is 0.923. The van der Waals surface area contributed by atoms with Crippen LogP contribution in [0.4, 0.5) is 0 Å². The first-order valence-corrected chi connectivity index (χ1v) is 6.78. The molecule has 0 aliphatic heterocycles. The molecule has 2 heteroatoms. The maximum absolute atomic E-state index is 6.12. The second kappa shape index (κ2) is 6.95. The summed E-state index contributed by atoms with van der Waals surface area (Å²) in [5.41, 5.74) is 2.41. The lowest BCUT2D eigenvalue weighted by Gasteiger charge is -2.20. The molecule has 0 aromatic heterocycles. The Bertz CT molecular complexity index is 496. The van der Waals surface area contributed by atoms with Crippen LogP contribution in [0.1, 0.15) is 24.2 Å². The number of rotatable bonds is 6. The molecule has 0 spiro atoms. The largest absolute Gasteiger partial charge is 0.484 e. The average Bonchev–Trinajstić information content (AvgIpc) is 2.44. The van der Waals surface area contributed by atoms with Crippen LogP contribution in [0, 0.1) is 6.92 Å². The number of aryl methyl sites for hydroxylation is 1. The van der Waals surface area contributed by atoms with Gasteiger partial charge in [0.1, 0.15) is 11.9 Å². The van der Waals surface area contributed by atoms with Gasteiger partial charge >= 0.3 is 0 Å². The van der Waals surface area contributed by atoms with E-state index >= 15 is 0 Å². The minimum Gasteiger partial charge on any atom is -0.484 e. The molecule has 0 saturated carbocycles. The minimum atomic E-state index is 0.0444. The molecule has 100 valence electrons. The van der Waals surface area contributed by atoms with Gasteiger partial charge in [-0.25, -0.2) is 0 Å². The summed E-state index contributed by atoms with van der Waals surface area (Å²) in [6.07, 6.45) is 0.0444. The summed E-state index contributed by atoms with van der Waals surface area (Å²) < 4.78 is 6.12. The zero-order valence-electron chi connectivity index (χ0n) is 11.6. The molecule has 0 fully saturated rings. The van der Waals surface area contributed by atoms with Crippen molar-refractivity contribution in [2.24, 2.45) is 0 Å². The Labute approximate surface area is 115 Å². The van der Waals surface area contributed by atoms with E-state index in [9.17, 15) is 0 Å². The number of hydrogen-bond acceptors (Lipinski definition) is 2. The zero-order valence-corrected chi connectivity index (χ0v) is 11.6. The van der Waals surface area contributed by atoms with E-state index in [2.05, 4.69) is 43.4 Å². The first kappa shape index (κ1) is 13.6. The highest BCUT2D eigenvalue weighted by molar-refractivity contribution is 5.29. The van der Waals surface area contributed by atoms with Crippen molar-refractivity contribution in [3.05, 3.63) is 65.7 Å². The Hall–Kier alpha value is -1.80. The third-order valence-electron chi connectivity index (χ3n) is 3.02. The van der Waals surface area contributed by atoms with E-state index in [-0.39, 0.29) is 6.10 Å².